The van der Waals surface area contributed by atoms with Gasteiger partial charge in [0.2, 0.25) is 0 Å². The Morgan fingerprint density at radius 3 is 2.68 bits per heavy atom. The lowest BCUT2D eigenvalue weighted by Crippen LogP contribution is -2.10. The average molecular weight is 282 g/mol. The molecular weight excluding hydrogens is 264 g/mol. The van der Waals surface area contributed by atoms with Gasteiger partial charge in [-0.05, 0) is 42.5 Å². The number of rotatable bonds is 5. The molecule has 19 heavy (non-hydrogen) atoms. The molecule has 0 bridgehead atoms. The quantitative estimate of drug-likeness (QED) is 0.900. The van der Waals surface area contributed by atoms with Gasteiger partial charge in [-0.25, -0.2) is 0 Å². The van der Waals surface area contributed by atoms with Crippen molar-refractivity contribution >= 4 is 17.7 Å². The summed E-state index contributed by atoms with van der Waals surface area (Å²) in [4.78, 5) is 10.7. The number of hydrogen-bond donors (Lipinski definition) is 1. The first-order valence-electron chi connectivity index (χ1n) is 6.24. The fraction of sp³-hybridized carbons (Fsp3) is 0.500. The Labute approximate surface area is 117 Å². The van der Waals surface area contributed by atoms with E-state index in [2.05, 4.69) is 0 Å². The van der Waals surface area contributed by atoms with E-state index in [0.717, 1.165) is 25.0 Å². The third kappa shape index (κ3) is 3.15. The molecule has 1 aromatic carbocycles. The number of carboxylic acid groups (broad SMARTS) is 1. The summed E-state index contributed by atoms with van der Waals surface area (Å²) in [5.41, 5.74) is 2.43. The predicted octanol–water partition coefficient (Wildman–Crippen LogP) is 2.90. The first kappa shape index (κ1) is 14.1. The van der Waals surface area contributed by atoms with Crippen LogP contribution in [0.15, 0.2) is 12.1 Å². The van der Waals surface area contributed by atoms with E-state index in [4.69, 9.17) is 14.6 Å². The lowest BCUT2D eigenvalue weighted by molar-refractivity contribution is -0.133. The van der Waals surface area contributed by atoms with Crippen LogP contribution in [0.3, 0.4) is 0 Å². The summed E-state index contributed by atoms with van der Waals surface area (Å²) in [6.07, 6.45) is 3.11. The molecule has 4 nitrogen and oxygen atoms in total. The van der Waals surface area contributed by atoms with E-state index in [-0.39, 0.29) is 11.0 Å². The zero-order valence-electron chi connectivity index (χ0n) is 11.1. The molecule has 104 valence electrons. The van der Waals surface area contributed by atoms with Gasteiger partial charge in [0.1, 0.15) is 0 Å². The second kappa shape index (κ2) is 6.19. The van der Waals surface area contributed by atoms with Gasteiger partial charge in [-0.3, -0.25) is 4.79 Å². The molecule has 0 spiro atoms. The second-order valence-electron chi connectivity index (χ2n) is 4.49. The number of methoxy groups -OCH3 is 2. The van der Waals surface area contributed by atoms with E-state index in [1.54, 1.807) is 14.2 Å². The molecule has 1 unspecified atom stereocenters. The van der Waals surface area contributed by atoms with Gasteiger partial charge < -0.3 is 14.6 Å². The van der Waals surface area contributed by atoms with Crippen LogP contribution in [-0.4, -0.2) is 31.0 Å². The molecule has 1 aromatic rings. The lowest BCUT2D eigenvalue weighted by atomic mass is 9.91. The number of aryl methyl sites for hydroxylation is 1. The number of ether oxygens (including phenoxy) is 2. The number of carbonyl (C=O) groups is 1. The highest BCUT2D eigenvalue weighted by Crippen LogP contribution is 2.43. The minimum Gasteiger partial charge on any atom is -0.493 e. The number of aliphatic carboxylic acids is 1. The Morgan fingerprint density at radius 1 is 1.37 bits per heavy atom. The molecular formula is C14H18O4S. The van der Waals surface area contributed by atoms with E-state index in [0.29, 0.717) is 5.75 Å². The third-order valence-corrected chi connectivity index (χ3v) is 4.62. The molecule has 0 heterocycles. The summed E-state index contributed by atoms with van der Waals surface area (Å²) >= 11 is 1.48. The number of fused-ring (bicyclic) bond motifs is 1. The molecule has 1 N–H and O–H groups in total. The SMILES string of the molecule is COc1cc2c(cc1OC)C(SCC(=O)O)CCC2. The molecule has 0 aromatic heterocycles. The minimum atomic E-state index is -0.766. The number of benzene rings is 1. The smallest absolute Gasteiger partial charge is 0.313 e. The van der Waals surface area contributed by atoms with E-state index >= 15 is 0 Å². The van der Waals surface area contributed by atoms with Gasteiger partial charge >= 0.3 is 5.97 Å². The van der Waals surface area contributed by atoms with Gasteiger partial charge in [0.05, 0.1) is 20.0 Å². The average Bonchev–Trinajstić information content (AvgIpc) is 2.43. The molecule has 1 atom stereocenters. The second-order valence-corrected chi connectivity index (χ2v) is 5.68. The molecule has 0 fully saturated rings. The molecule has 5 heteroatoms. The van der Waals surface area contributed by atoms with Crippen molar-refractivity contribution < 1.29 is 19.4 Å². The molecule has 2 rings (SSSR count). The normalized spacial score (nSPS) is 17.7. The Morgan fingerprint density at radius 2 is 2.05 bits per heavy atom. The van der Waals surface area contributed by atoms with Crippen molar-refractivity contribution in [3.05, 3.63) is 23.3 Å². The summed E-state index contributed by atoms with van der Waals surface area (Å²) in [6.45, 7) is 0. The van der Waals surface area contributed by atoms with Crippen LogP contribution in [0.1, 0.15) is 29.2 Å². The van der Waals surface area contributed by atoms with Crippen molar-refractivity contribution in [1.82, 2.24) is 0 Å². The van der Waals surface area contributed by atoms with Crippen LogP contribution < -0.4 is 9.47 Å². The standard InChI is InChI=1S/C14H18O4S/c1-17-11-6-9-4-3-5-13(19-8-14(15)16)10(9)7-12(11)18-2/h6-7,13H,3-5,8H2,1-2H3,(H,15,16). The third-order valence-electron chi connectivity index (χ3n) is 3.31. The fourth-order valence-corrected chi connectivity index (χ4v) is 3.51. The van der Waals surface area contributed by atoms with Crippen LogP contribution in [0.2, 0.25) is 0 Å². The first-order valence-corrected chi connectivity index (χ1v) is 7.28. The largest absolute Gasteiger partial charge is 0.493 e. The highest BCUT2D eigenvalue weighted by molar-refractivity contribution is 8.00. The maximum atomic E-state index is 10.7. The summed E-state index contributed by atoms with van der Waals surface area (Å²) in [6, 6.07) is 4.01. The molecule has 0 saturated carbocycles. The first-order chi connectivity index (χ1) is 9.15. The van der Waals surface area contributed by atoms with Gasteiger partial charge in [-0.15, -0.1) is 11.8 Å². The van der Waals surface area contributed by atoms with Gasteiger partial charge in [0, 0.05) is 5.25 Å². The Hall–Kier alpha value is -1.36. The van der Waals surface area contributed by atoms with Crippen LogP contribution in [-0.2, 0) is 11.2 Å². The van der Waals surface area contributed by atoms with Gasteiger partial charge in [0.25, 0.3) is 0 Å². The van der Waals surface area contributed by atoms with E-state index < -0.39 is 5.97 Å². The van der Waals surface area contributed by atoms with Crippen LogP contribution in [0.5, 0.6) is 11.5 Å². The summed E-state index contributed by atoms with van der Waals surface area (Å²) in [5.74, 6) is 0.824. The molecule has 0 radical (unpaired) electrons. The minimum absolute atomic E-state index is 0.137. The fourth-order valence-electron chi connectivity index (χ4n) is 2.43. The van der Waals surface area contributed by atoms with E-state index in [1.807, 2.05) is 12.1 Å². The maximum Gasteiger partial charge on any atom is 0.313 e. The predicted molar refractivity (Wildman–Crippen MR) is 75.3 cm³/mol. The van der Waals surface area contributed by atoms with Crippen LogP contribution >= 0.6 is 11.8 Å². The van der Waals surface area contributed by atoms with Crippen molar-refractivity contribution in [2.45, 2.75) is 24.5 Å². The topological polar surface area (TPSA) is 55.8 Å². The highest BCUT2D eigenvalue weighted by Gasteiger charge is 2.23. The van der Waals surface area contributed by atoms with Crippen LogP contribution in [0.4, 0.5) is 0 Å². The Bertz CT molecular complexity index is 473. The summed E-state index contributed by atoms with van der Waals surface area (Å²) in [5, 5.41) is 9.05. The summed E-state index contributed by atoms with van der Waals surface area (Å²) in [7, 11) is 3.25. The van der Waals surface area contributed by atoms with Crippen LogP contribution in [0, 0.1) is 0 Å². The number of carboxylic acids is 1. The summed E-state index contributed by atoms with van der Waals surface area (Å²) < 4.78 is 10.6. The van der Waals surface area contributed by atoms with Gasteiger partial charge in [-0.2, -0.15) is 0 Å². The van der Waals surface area contributed by atoms with Crippen molar-refractivity contribution in [3.8, 4) is 11.5 Å². The van der Waals surface area contributed by atoms with Crippen LogP contribution in [0.25, 0.3) is 0 Å². The zero-order valence-corrected chi connectivity index (χ0v) is 12.0. The van der Waals surface area contributed by atoms with Crippen molar-refractivity contribution in [2.75, 3.05) is 20.0 Å². The maximum absolute atomic E-state index is 10.7. The van der Waals surface area contributed by atoms with Gasteiger partial charge in [0.15, 0.2) is 11.5 Å². The highest BCUT2D eigenvalue weighted by atomic mass is 32.2. The Balaban J connectivity index is 2.29. The van der Waals surface area contributed by atoms with Crippen molar-refractivity contribution in [1.29, 1.82) is 0 Å². The number of thioether (sulfide) groups is 1. The lowest BCUT2D eigenvalue weighted by Gasteiger charge is -2.26. The monoisotopic (exact) mass is 282 g/mol. The molecule has 0 amide bonds. The van der Waals surface area contributed by atoms with E-state index in [9.17, 15) is 4.79 Å². The van der Waals surface area contributed by atoms with Gasteiger partial charge in [-0.1, -0.05) is 0 Å². The van der Waals surface area contributed by atoms with Crippen molar-refractivity contribution in [2.24, 2.45) is 0 Å². The molecule has 1 aliphatic rings. The number of hydrogen-bond acceptors (Lipinski definition) is 4. The Kier molecular flexibility index (Phi) is 4.58. The molecule has 0 aliphatic heterocycles. The molecule has 1 aliphatic carbocycles. The molecule has 0 saturated heterocycles. The van der Waals surface area contributed by atoms with E-state index in [1.165, 1.54) is 22.9 Å². The zero-order chi connectivity index (χ0) is 13.8. The van der Waals surface area contributed by atoms with Crippen molar-refractivity contribution in [3.63, 3.8) is 0 Å².